The number of aliphatic hydroxyl groups is 1. The third kappa shape index (κ3) is 4.64. The number of carbonyl (C=O) groups excluding carboxylic acids is 1. The van der Waals surface area contributed by atoms with E-state index in [4.69, 9.17) is 4.74 Å². The molecule has 1 rings (SSSR count). The zero-order chi connectivity index (χ0) is 12.7. The number of carbonyl (C=O) groups is 1. The van der Waals surface area contributed by atoms with Crippen molar-refractivity contribution in [2.75, 3.05) is 13.2 Å². The van der Waals surface area contributed by atoms with Gasteiger partial charge >= 0.3 is 0 Å². The summed E-state index contributed by atoms with van der Waals surface area (Å²) in [4.78, 5) is 11.5. The number of unbranched alkanes of at least 4 members (excludes halogenated alkanes) is 3. The molecule has 1 aliphatic rings. The molecule has 0 bridgehead atoms. The molecule has 2 N–H and O–H groups in total. The summed E-state index contributed by atoms with van der Waals surface area (Å²) in [6.45, 7) is 4.88. The van der Waals surface area contributed by atoms with Crippen LogP contribution in [0.1, 0.15) is 52.4 Å². The van der Waals surface area contributed by atoms with Crippen LogP contribution >= 0.6 is 0 Å². The van der Waals surface area contributed by atoms with E-state index >= 15 is 0 Å². The number of hydrogen-bond acceptors (Lipinski definition) is 3. The van der Waals surface area contributed by atoms with Crippen LogP contribution in [-0.4, -0.2) is 35.9 Å². The highest BCUT2D eigenvalue weighted by atomic mass is 16.5. The molecular weight excluding hydrogens is 218 g/mol. The van der Waals surface area contributed by atoms with Gasteiger partial charge in [0, 0.05) is 26.0 Å². The van der Waals surface area contributed by atoms with Crippen molar-refractivity contribution in [2.24, 2.45) is 0 Å². The molecule has 2 unspecified atom stereocenters. The van der Waals surface area contributed by atoms with Crippen LogP contribution in [0.4, 0.5) is 0 Å². The van der Waals surface area contributed by atoms with E-state index in [1.54, 1.807) is 0 Å². The van der Waals surface area contributed by atoms with E-state index in [9.17, 15) is 9.90 Å². The second-order valence-corrected chi connectivity index (χ2v) is 4.95. The van der Waals surface area contributed by atoms with E-state index in [1.807, 2.05) is 6.92 Å². The molecule has 1 heterocycles. The Kier molecular flexibility index (Phi) is 5.92. The number of hydrogen-bond donors (Lipinski definition) is 2. The lowest BCUT2D eigenvalue weighted by atomic mass is 9.96. The fourth-order valence-corrected chi connectivity index (χ4v) is 2.06. The zero-order valence-electron chi connectivity index (χ0n) is 11.0. The first-order valence-electron chi connectivity index (χ1n) is 6.69. The SMILES string of the molecule is CCCCCCC(=O)NCC1(O)CCOC1C. The summed E-state index contributed by atoms with van der Waals surface area (Å²) < 4.78 is 5.31. The van der Waals surface area contributed by atoms with Gasteiger partial charge in [0.15, 0.2) is 0 Å². The summed E-state index contributed by atoms with van der Waals surface area (Å²) in [7, 11) is 0. The van der Waals surface area contributed by atoms with Crippen molar-refractivity contribution in [3.05, 3.63) is 0 Å². The Bertz CT molecular complexity index is 245. The summed E-state index contributed by atoms with van der Waals surface area (Å²) in [5.74, 6) is 0.0358. The van der Waals surface area contributed by atoms with Gasteiger partial charge in [-0.05, 0) is 13.3 Å². The highest BCUT2D eigenvalue weighted by Crippen LogP contribution is 2.24. The van der Waals surface area contributed by atoms with E-state index in [0.717, 1.165) is 12.8 Å². The molecular formula is C13H25NO3. The maximum Gasteiger partial charge on any atom is 0.220 e. The molecule has 4 heteroatoms. The lowest BCUT2D eigenvalue weighted by Crippen LogP contribution is -2.47. The summed E-state index contributed by atoms with van der Waals surface area (Å²) in [5.41, 5.74) is -0.876. The first kappa shape index (κ1) is 14.5. The molecule has 100 valence electrons. The molecule has 1 amide bonds. The normalized spacial score (nSPS) is 28.3. The highest BCUT2D eigenvalue weighted by Gasteiger charge is 2.39. The van der Waals surface area contributed by atoms with Gasteiger partial charge in [-0.2, -0.15) is 0 Å². The number of ether oxygens (including phenoxy) is 1. The first-order chi connectivity index (χ1) is 8.08. The average molecular weight is 243 g/mol. The molecule has 17 heavy (non-hydrogen) atoms. The van der Waals surface area contributed by atoms with Gasteiger partial charge in [0.1, 0.15) is 5.60 Å². The summed E-state index contributed by atoms with van der Waals surface area (Å²) >= 11 is 0. The molecule has 0 aliphatic carbocycles. The van der Waals surface area contributed by atoms with Crippen LogP contribution < -0.4 is 5.32 Å². The van der Waals surface area contributed by atoms with E-state index < -0.39 is 5.60 Å². The molecule has 0 spiro atoms. The third-order valence-corrected chi connectivity index (χ3v) is 3.51. The fourth-order valence-electron chi connectivity index (χ4n) is 2.06. The van der Waals surface area contributed by atoms with Crippen LogP contribution in [-0.2, 0) is 9.53 Å². The maximum absolute atomic E-state index is 11.5. The monoisotopic (exact) mass is 243 g/mol. The van der Waals surface area contributed by atoms with Gasteiger partial charge in [0.05, 0.1) is 6.10 Å². The highest BCUT2D eigenvalue weighted by molar-refractivity contribution is 5.75. The average Bonchev–Trinajstić information content (AvgIpc) is 2.63. The molecule has 4 nitrogen and oxygen atoms in total. The van der Waals surface area contributed by atoms with Gasteiger partial charge in [-0.15, -0.1) is 0 Å². The number of rotatable bonds is 7. The minimum atomic E-state index is -0.876. The van der Waals surface area contributed by atoms with Gasteiger partial charge in [-0.1, -0.05) is 26.2 Å². The molecule has 0 aromatic heterocycles. The van der Waals surface area contributed by atoms with Crippen LogP contribution in [0.25, 0.3) is 0 Å². The molecule has 0 saturated carbocycles. The van der Waals surface area contributed by atoms with Crippen LogP contribution in [0.5, 0.6) is 0 Å². The van der Waals surface area contributed by atoms with Crippen LogP contribution in [0.3, 0.4) is 0 Å². The van der Waals surface area contributed by atoms with E-state index in [2.05, 4.69) is 12.2 Å². The van der Waals surface area contributed by atoms with Crippen molar-refractivity contribution in [3.8, 4) is 0 Å². The molecule has 1 fully saturated rings. The Morgan fingerprint density at radius 2 is 2.24 bits per heavy atom. The van der Waals surface area contributed by atoms with Crippen molar-refractivity contribution in [2.45, 2.75) is 64.1 Å². The van der Waals surface area contributed by atoms with Gasteiger partial charge in [-0.3, -0.25) is 4.79 Å². The van der Waals surface area contributed by atoms with Crippen molar-refractivity contribution in [1.82, 2.24) is 5.32 Å². The van der Waals surface area contributed by atoms with Crippen molar-refractivity contribution < 1.29 is 14.6 Å². The Hall–Kier alpha value is -0.610. The largest absolute Gasteiger partial charge is 0.385 e. The van der Waals surface area contributed by atoms with Crippen LogP contribution in [0, 0.1) is 0 Å². The Labute approximate surface area is 104 Å². The predicted molar refractivity (Wildman–Crippen MR) is 66.7 cm³/mol. The Balaban J connectivity index is 2.15. The minimum absolute atomic E-state index is 0.0358. The van der Waals surface area contributed by atoms with E-state index in [1.165, 1.54) is 12.8 Å². The predicted octanol–water partition coefficient (Wildman–Crippen LogP) is 1.61. The van der Waals surface area contributed by atoms with E-state index in [-0.39, 0.29) is 12.0 Å². The smallest absolute Gasteiger partial charge is 0.220 e. The topological polar surface area (TPSA) is 58.6 Å². The quantitative estimate of drug-likeness (QED) is 0.668. The summed E-state index contributed by atoms with van der Waals surface area (Å²) in [6.07, 6.45) is 5.37. The molecule has 1 aliphatic heterocycles. The van der Waals surface area contributed by atoms with Crippen molar-refractivity contribution >= 4 is 5.91 Å². The molecule has 0 radical (unpaired) electrons. The molecule has 2 atom stereocenters. The molecule has 0 aromatic rings. The van der Waals surface area contributed by atoms with Gasteiger partial charge in [0.2, 0.25) is 5.91 Å². The Morgan fingerprint density at radius 1 is 1.47 bits per heavy atom. The van der Waals surface area contributed by atoms with Gasteiger partial charge in [-0.25, -0.2) is 0 Å². The van der Waals surface area contributed by atoms with Gasteiger partial charge < -0.3 is 15.2 Å². The third-order valence-electron chi connectivity index (χ3n) is 3.51. The molecule has 0 aromatic carbocycles. The summed E-state index contributed by atoms with van der Waals surface area (Å²) in [6, 6.07) is 0. The second-order valence-electron chi connectivity index (χ2n) is 4.95. The maximum atomic E-state index is 11.5. The Morgan fingerprint density at radius 3 is 2.82 bits per heavy atom. The van der Waals surface area contributed by atoms with Crippen LogP contribution in [0.2, 0.25) is 0 Å². The van der Waals surface area contributed by atoms with Gasteiger partial charge in [0.25, 0.3) is 0 Å². The summed E-state index contributed by atoms with van der Waals surface area (Å²) in [5, 5.41) is 13.0. The first-order valence-corrected chi connectivity index (χ1v) is 6.69. The molecule has 1 saturated heterocycles. The lowest BCUT2D eigenvalue weighted by Gasteiger charge is -2.26. The standard InChI is InChI=1S/C13H25NO3/c1-3-4-5-6-7-12(15)14-10-13(16)8-9-17-11(13)2/h11,16H,3-10H2,1-2H3,(H,14,15). The zero-order valence-corrected chi connectivity index (χ0v) is 11.0. The lowest BCUT2D eigenvalue weighted by molar-refractivity contribution is -0.123. The minimum Gasteiger partial charge on any atom is -0.385 e. The van der Waals surface area contributed by atoms with E-state index in [0.29, 0.717) is 26.0 Å². The van der Waals surface area contributed by atoms with Crippen molar-refractivity contribution in [1.29, 1.82) is 0 Å². The fraction of sp³-hybridized carbons (Fsp3) is 0.923. The second kappa shape index (κ2) is 6.97. The van der Waals surface area contributed by atoms with Crippen molar-refractivity contribution in [3.63, 3.8) is 0 Å². The van der Waals surface area contributed by atoms with Crippen LogP contribution in [0.15, 0.2) is 0 Å². The number of amides is 1. The number of nitrogens with one attached hydrogen (secondary N) is 1.